The molecule has 82 valence electrons. The van der Waals surface area contributed by atoms with E-state index in [1.165, 1.54) is 0 Å². The van der Waals surface area contributed by atoms with Crippen LogP contribution in [0.2, 0.25) is 0 Å². The smallest absolute Gasteiger partial charge is 0.221 e. The van der Waals surface area contributed by atoms with Crippen LogP contribution >= 0.6 is 0 Å². The molecule has 1 fully saturated rings. The number of carbonyl (C=O) groups is 1. The average molecular weight is 199 g/mol. The largest absolute Gasteiger partial charge is 0.352 e. The lowest BCUT2D eigenvalue weighted by molar-refractivity contribution is -0.121. The Labute approximate surface area is 86.0 Å². The molecular formula is C10H21N3O. The zero-order valence-electron chi connectivity index (χ0n) is 9.34. The molecule has 4 nitrogen and oxygen atoms in total. The van der Waals surface area contributed by atoms with Gasteiger partial charge in [-0.15, -0.1) is 0 Å². The summed E-state index contributed by atoms with van der Waals surface area (Å²) in [6, 6.07) is 0.763. The zero-order valence-corrected chi connectivity index (χ0v) is 9.34. The fourth-order valence-electron chi connectivity index (χ4n) is 1.91. The summed E-state index contributed by atoms with van der Waals surface area (Å²) in [5, 5.41) is 6.13. The molecule has 0 aliphatic carbocycles. The summed E-state index contributed by atoms with van der Waals surface area (Å²) in [6.45, 7) is 7.05. The van der Waals surface area contributed by atoms with Crippen LogP contribution in [0.3, 0.4) is 0 Å². The van der Waals surface area contributed by atoms with E-state index in [0.717, 1.165) is 19.6 Å². The molecule has 0 spiro atoms. The molecule has 1 saturated heterocycles. The van der Waals surface area contributed by atoms with Gasteiger partial charge in [0.25, 0.3) is 0 Å². The minimum absolute atomic E-state index is 0.177. The highest BCUT2D eigenvalue weighted by atomic mass is 16.1. The Morgan fingerprint density at radius 3 is 3.07 bits per heavy atom. The van der Waals surface area contributed by atoms with Gasteiger partial charge in [0.2, 0.25) is 5.91 Å². The third kappa shape index (κ3) is 3.27. The van der Waals surface area contributed by atoms with Gasteiger partial charge in [0.15, 0.2) is 0 Å². The van der Waals surface area contributed by atoms with E-state index in [-0.39, 0.29) is 11.9 Å². The molecule has 1 amide bonds. The third-order valence-electron chi connectivity index (χ3n) is 2.66. The molecule has 1 heterocycles. The van der Waals surface area contributed by atoms with E-state index >= 15 is 0 Å². The predicted molar refractivity (Wildman–Crippen MR) is 57.2 cm³/mol. The lowest BCUT2D eigenvalue weighted by Crippen LogP contribution is -2.44. The van der Waals surface area contributed by atoms with Crippen LogP contribution in [0, 0.1) is 0 Å². The van der Waals surface area contributed by atoms with Gasteiger partial charge >= 0.3 is 0 Å². The summed E-state index contributed by atoms with van der Waals surface area (Å²) < 4.78 is 0. The lowest BCUT2D eigenvalue weighted by Gasteiger charge is -2.28. The molecule has 0 aromatic rings. The summed E-state index contributed by atoms with van der Waals surface area (Å²) in [5.74, 6) is 0.177. The molecule has 2 N–H and O–H groups in total. The molecule has 1 aliphatic heterocycles. The molecule has 14 heavy (non-hydrogen) atoms. The number of hydrogen-bond donors (Lipinski definition) is 2. The molecule has 0 saturated carbocycles. The Balaban J connectivity index is 2.48. The van der Waals surface area contributed by atoms with Gasteiger partial charge in [0, 0.05) is 38.1 Å². The van der Waals surface area contributed by atoms with E-state index < -0.39 is 0 Å². The maximum absolute atomic E-state index is 11.3. The van der Waals surface area contributed by atoms with Crippen molar-refractivity contribution in [3.8, 4) is 0 Å². The van der Waals surface area contributed by atoms with E-state index in [4.69, 9.17) is 0 Å². The molecule has 1 rings (SSSR count). The van der Waals surface area contributed by atoms with Crippen molar-refractivity contribution in [3.05, 3.63) is 0 Å². The maximum atomic E-state index is 11.3. The van der Waals surface area contributed by atoms with Gasteiger partial charge in [-0.1, -0.05) is 0 Å². The highest BCUT2D eigenvalue weighted by Crippen LogP contribution is 2.05. The molecular weight excluding hydrogens is 178 g/mol. The molecule has 1 aliphatic rings. The Morgan fingerprint density at radius 2 is 2.43 bits per heavy atom. The summed E-state index contributed by atoms with van der Waals surface area (Å²) in [4.78, 5) is 13.6. The van der Waals surface area contributed by atoms with Gasteiger partial charge in [0.05, 0.1) is 0 Å². The van der Waals surface area contributed by atoms with Crippen molar-refractivity contribution < 1.29 is 4.79 Å². The highest BCUT2D eigenvalue weighted by Gasteiger charge is 2.21. The summed E-state index contributed by atoms with van der Waals surface area (Å²) in [5.41, 5.74) is 0. The number of amides is 1. The number of carbonyl (C=O) groups excluding carboxylic acids is 1. The number of hydrogen-bond acceptors (Lipinski definition) is 3. The fraction of sp³-hybridized carbons (Fsp3) is 0.900. The van der Waals surface area contributed by atoms with E-state index in [1.807, 2.05) is 7.05 Å². The first-order valence-electron chi connectivity index (χ1n) is 5.31. The Bertz CT molecular complexity index is 196. The van der Waals surface area contributed by atoms with E-state index in [0.29, 0.717) is 12.5 Å². The summed E-state index contributed by atoms with van der Waals surface area (Å²) >= 11 is 0. The normalized spacial score (nSPS) is 26.8. The molecule has 0 bridgehead atoms. The van der Waals surface area contributed by atoms with Crippen LogP contribution in [-0.2, 0) is 4.79 Å². The first kappa shape index (κ1) is 11.5. The van der Waals surface area contributed by atoms with Crippen molar-refractivity contribution in [1.29, 1.82) is 0 Å². The van der Waals surface area contributed by atoms with Crippen molar-refractivity contribution in [2.45, 2.75) is 32.4 Å². The number of nitrogens with zero attached hydrogens (tertiary/aromatic N) is 1. The van der Waals surface area contributed by atoms with Crippen LogP contribution in [0.15, 0.2) is 0 Å². The SMILES string of the molecule is CNCC(C)N1CCC(=O)NC(C)C1. The van der Waals surface area contributed by atoms with Gasteiger partial charge in [-0.3, -0.25) is 9.69 Å². The monoisotopic (exact) mass is 199 g/mol. The quantitative estimate of drug-likeness (QED) is 0.662. The van der Waals surface area contributed by atoms with Crippen LogP contribution in [0.4, 0.5) is 0 Å². The van der Waals surface area contributed by atoms with Gasteiger partial charge < -0.3 is 10.6 Å². The van der Waals surface area contributed by atoms with Gasteiger partial charge in [0.1, 0.15) is 0 Å². The molecule has 2 atom stereocenters. The van der Waals surface area contributed by atoms with Gasteiger partial charge in [-0.2, -0.15) is 0 Å². The molecule has 4 heteroatoms. The van der Waals surface area contributed by atoms with Crippen LogP contribution < -0.4 is 10.6 Å². The first-order chi connectivity index (χ1) is 6.63. The van der Waals surface area contributed by atoms with Crippen molar-refractivity contribution >= 4 is 5.91 Å². The van der Waals surface area contributed by atoms with E-state index in [1.54, 1.807) is 0 Å². The van der Waals surface area contributed by atoms with Crippen molar-refractivity contribution in [2.75, 3.05) is 26.7 Å². The Hall–Kier alpha value is -0.610. The van der Waals surface area contributed by atoms with E-state index in [2.05, 4.69) is 29.4 Å². The van der Waals surface area contributed by atoms with Gasteiger partial charge in [-0.25, -0.2) is 0 Å². The molecule has 0 aromatic carbocycles. The standard InChI is InChI=1S/C10H21N3O/c1-8-7-13(9(2)6-11-3)5-4-10(14)12-8/h8-9,11H,4-7H2,1-3H3,(H,12,14). The van der Waals surface area contributed by atoms with Gasteiger partial charge in [-0.05, 0) is 20.9 Å². The minimum Gasteiger partial charge on any atom is -0.352 e. The zero-order chi connectivity index (χ0) is 10.6. The highest BCUT2D eigenvalue weighted by molar-refractivity contribution is 5.76. The minimum atomic E-state index is 0.177. The third-order valence-corrected chi connectivity index (χ3v) is 2.66. The van der Waals surface area contributed by atoms with Crippen molar-refractivity contribution in [3.63, 3.8) is 0 Å². The molecule has 0 aromatic heterocycles. The second-order valence-electron chi connectivity index (χ2n) is 4.12. The Morgan fingerprint density at radius 1 is 1.71 bits per heavy atom. The van der Waals surface area contributed by atoms with Crippen LogP contribution in [-0.4, -0.2) is 49.6 Å². The summed E-state index contributed by atoms with van der Waals surface area (Å²) in [6.07, 6.45) is 0.623. The van der Waals surface area contributed by atoms with Crippen LogP contribution in [0.5, 0.6) is 0 Å². The average Bonchev–Trinajstić information content (AvgIpc) is 2.27. The summed E-state index contributed by atoms with van der Waals surface area (Å²) in [7, 11) is 1.96. The topological polar surface area (TPSA) is 44.4 Å². The number of rotatable bonds is 3. The van der Waals surface area contributed by atoms with Crippen LogP contribution in [0.25, 0.3) is 0 Å². The predicted octanol–water partition coefficient (Wildman–Crippen LogP) is -0.195. The van der Waals surface area contributed by atoms with E-state index in [9.17, 15) is 4.79 Å². The lowest BCUT2D eigenvalue weighted by atomic mass is 10.2. The number of nitrogens with one attached hydrogen (secondary N) is 2. The van der Waals surface area contributed by atoms with Crippen LogP contribution in [0.1, 0.15) is 20.3 Å². The second kappa shape index (κ2) is 5.32. The Kier molecular flexibility index (Phi) is 4.35. The molecule has 0 radical (unpaired) electrons. The first-order valence-corrected chi connectivity index (χ1v) is 5.31. The molecule has 2 unspecified atom stereocenters. The van der Waals surface area contributed by atoms with Crippen molar-refractivity contribution in [1.82, 2.24) is 15.5 Å². The maximum Gasteiger partial charge on any atom is 0.221 e. The fourth-order valence-corrected chi connectivity index (χ4v) is 1.91. The number of likely N-dealkylation sites (N-methyl/N-ethyl adjacent to an activating group) is 1. The van der Waals surface area contributed by atoms with Crippen molar-refractivity contribution in [2.24, 2.45) is 0 Å². The second-order valence-corrected chi connectivity index (χ2v) is 4.12.